The molecule has 2 N–H and O–H groups in total. The van der Waals surface area contributed by atoms with Crippen LogP contribution >= 0.6 is 0 Å². The Hall–Kier alpha value is -2.54. The molecular weight excluding hydrogens is 292 g/mol. The summed E-state index contributed by atoms with van der Waals surface area (Å²) in [6, 6.07) is 9.90. The van der Waals surface area contributed by atoms with Gasteiger partial charge in [-0.2, -0.15) is 9.67 Å². The zero-order valence-electron chi connectivity index (χ0n) is 12.6. The Labute approximate surface area is 133 Å². The van der Waals surface area contributed by atoms with Gasteiger partial charge in [0, 0.05) is 18.3 Å². The second kappa shape index (κ2) is 5.92. The maximum atomic E-state index is 9.59. The number of aliphatic hydroxyl groups excluding tert-OH is 1. The fraction of sp³-hybridized carbons (Fsp3) is 0.375. The topological polar surface area (TPSA) is 88.8 Å². The van der Waals surface area contributed by atoms with Crippen molar-refractivity contribution >= 4 is 17.0 Å². The normalized spacial score (nSPS) is 21.4. The Kier molecular flexibility index (Phi) is 3.63. The second-order valence-electron chi connectivity index (χ2n) is 5.88. The van der Waals surface area contributed by atoms with Crippen LogP contribution in [0, 0.1) is 0 Å². The van der Waals surface area contributed by atoms with Gasteiger partial charge in [-0.3, -0.25) is 0 Å². The van der Waals surface area contributed by atoms with Crippen molar-refractivity contribution in [3.63, 3.8) is 0 Å². The van der Waals surface area contributed by atoms with E-state index in [1.54, 1.807) is 10.9 Å². The van der Waals surface area contributed by atoms with Crippen LogP contribution in [-0.2, 0) is 0 Å². The van der Waals surface area contributed by atoms with Crippen LogP contribution in [0.15, 0.2) is 36.5 Å². The second-order valence-corrected chi connectivity index (χ2v) is 5.88. The van der Waals surface area contributed by atoms with Crippen LogP contribution in [0.3, 0.4) is 0 Å². The van der Waals surface area contributed by atoms with Crippen molar-refractivity contribution in [1.82, 2.24) is 25.0 Å². The van der Waals surface area contributed by atoms with E-state index in [1.807, 2.05) is 30.3 Å². The molecule has 1 aromatic carbocycles. The number of anilines is 1. The molecule has 0 aliphatic heterocycles. The van der Waals surface area contributed by atoms with Crippen LogP contribution < -0.4 is 5.32 Å². The molecule has 3 aromatic rings. The Balaban J connectivity index is 1.59. The summed E-state index contributed by atoms with van der Waals surface area (Å²) in [6.45, 7) is 0. The minimum Gasteiger partial charge on any atom is -0.393 e. The maximum Gasteiger partial charge on any atom is 0.224 e. The highest BCUT2D eigenvalue weighted by atomic mass is 16.3. The first-order valence-corrected chi connectivity index (χ1v) is 7.88. The van der Waals surface area contributed by atoms with Crippen LogP contribution in [0.2, 0.25) is 0 Å². The van der Waals surface area contributed by atoms with Crippen molar-refractivity contribution in [3.8, 4) is 5.82 Å². The maximum absolute atomic E-state index is 9.59. The van der Waals surface area contributed by atoms with E-state index in [-0.39, 0.29) is 6.10 Å². The van der Waals surface area contributed by atoms with Gasteiger partial charge in [-0.1, -0.05) is 17.3 Å². The highest BCUT2D eigenvalue weighted by Gasteiger charge is 2.20. The van der Waals surface area contributed by atoms with Crippen LogP contribution in [-0.4, -0.2) is 42.2 Å². The standard InChI is InChI=1S/C16H18N6O/c23-12-7-5-11(6-8-12)18-16-17-10-9-15(19-16)22-14-4-2-1-3-13(14)20-21-22/h1-4,9-12,23H,5-8H2,(H,17,18,19). The molecule has 0 amide bonds. The highest BCUT2D eigenvalue weighted by Crippen LogP contribution is 2.21. The molecule has 1 aliphatic carbocycles. The van der Waals surface area contributed by atoms with Gasteiger partial charge in [0.1, 0.15) is 5.52 Å². The molecule has 118 valence electrons. The lowest BCUT2D eigenvalue weighted by molar-refractivity contribution is 0.126. The van der Waals surface area contributed by atoms with Crippen molar-refractivity contribution in [3.05, 3.63) is 36.5 Å². The number of para-hydroxylation sites is 1. The fourth-order valence-electron chi connectivity index (χ4n) is 2.98. The number of hydrogen-bond donors (Lipinski definition) is 2. The van der Waals surface area contributed by atoms with Crippen molar-refractivity contribution in [2.24, 2.45) is 0 Å². The molecule has 0 spiro atoms. The number of rotatable bonds is 3. The van der Waals surface area contributed by atoms with Crippen LogP contribution in [0.5, 0.6) is 0 Å². The molecule has 0 saturated heterocycles. The Morgan fingerprint density at radius 1 is 1.09 bits per heavy atom. The quantitative estimate of drug-likeness (QED) is 0.768. The van der Waals surface area contributed by atoms with E-state index in [0.717, 1.165) is 36.7 Å². The molecule has 0 bridgehead atoms. The summed E-state index contributed by atoms with van der Waals surface area (Å²) >= 11 is 0. The molecule has 7 nitrogen and oxygen atoms in total. The first-order chi connectivity index (χ1) is 11.3. The first kappa shape index (κ1) is 14.1. The van der Waals surface area contributed by atoms with Gasteiger partial charge in [0.15, 0.2) is 5.82 Å². The molecule has 4 rings (SSSR count). The molecule has 1 saturated carbocycles. The number of nitrogens with one attached hydrogen (secondary N) is 1. The number of aliphatic hydroxyl groups is 1. The van der Waals surface area contributed by atoms with Crippen LogP contribution in [0.1, 0.15) is 25.7 Å². The third kappa shape index (κ3) is 2.87. The Bertz CT molecular complexity index is 809. The largest absolute Gasteiger partial charge is 0.393 e. The van der Waals surface area contributed by atoms with Crippen molar-refractivity contribution in [1.29, 1.82) is 0 Å². The van der Waals surface area contributed by atoms with E-state index >= 15 is 0 Å². The van der Waals surface area contributed by atoms with Crippen molar-refractivity contribution in [2.75, 3.05) is 5.32 Å². The lowest BCUT2D eigenvalue weighted by atomic mass is 9.93. The van der Waals surface area contributed by atoms with Gasteiger partial charge < -0.3 is 10.4 Å². The van der Waals surface area contributed by atoms with Crippen molar-refractivity contribution < 1.29 is 5.11 Å². The van der Waals surface area contributed by atoms with Gasteiger partial charge in [0.25, 0.3) is 0 Å². The molecule has 0 atom stereocenters. The predicted octanol–water partition coefficient (Wildman–Crippen LogP) is 1.93. The summed E-state index contributed by atoms with van der Waals surface area (Å²) in [7, 11) is 0. The number of hydrogen-bond acceptors (Lipinski definition) is 6. The average Bonchev–Trinajstić information content (AvgIpc) is 3.01. The zero-order chi connectivity index (χ0) is 15.6. The molecule has 23 heavy (non-hydrogen) atoms. The van der Waals surface area contributed by atoms with Gasteiger partial charge in [-0.25, -0.2) is 4.98 Å². The lowest BCUT2D eigenvalue weighted by Gasteiger charge is -2.26. The van der Waals surface area contributed by atoms with E-state index in [2.05, 4.69) is 25.6 Å². The summed E-state index contributed by atoms with van der Waals surface area (Å²) < 4.78 is 1.72. The number of aromatic nitrogens is 5. The van der Waals surface area contributed by atoms with Gasteiger partial charge >= 0.3 is 0 Å². The first-order valence-electron chi connectivity index (χ1n) is 7.88. The zero-order valence-corrected chi connectivity index (χ0v) is 12.6. The summed E-state index contributed by atoms with van der Waals surface area (Å²) in [6.07, 6.45) is 5.07. The summed E-state index contributed by atoms with van der Waals surface area (Å²) in [5.74, 6) is 1.27. The lowest BCUT2D eigenvalue weighted by Crippen LogP contribution is -2.29. The molecule has 7 heteroatoms. The average molecular weight is 310 g/mol. The van der Waals surface area contributed by atoms with Gasteiger partial charge in [-0.05, 0) is 37.8 Å². The van der Waals surface area contributed by atoms with Gasteiger partial charge in [0.05, 0.1) is 11.6 Å². The molecular formula is C16H18N6O. The van der Waals surface area contributed by atoms with E-state index in [9.17, 15) is 5.11 Å². The summed E-state index contributed by atoms with van der Waals surface area (Å²) in [5, 5.41) is 21.3. The van der Waals surface area contributed by atoms with Crippen LogP contribution in [0.4, 0.5) is 5.95 Å². The van der Waals surface area contributed by atoms with E-state index in [4.69, 9.17) is 0 Å². The highest BCUT2D eigenvalue weighted by molar-refractivity contribution is 5.75. The van der Waals surface area contributed by atoms with E-state index < -0.39 is 0 Å². The van der Waals surface area contributed by atoms with Crippen molar-refractivity contribution in [2.45, 2.75) is 37.8 Å². The third-order valence-corrected chi connectivity index (χ3v) is 4.24. The minimum absolute atomic E-state index is 0.165. The predicted molar refractivity (Wildman–Crippen MR) is 86.3 cm³/mol. The van der Waals surface area contributed by atoms with Gasteiger partial charge in [-0.15, -0.1) is 5.10 Å². The SMILES string of the molecule is OC1CCC(Nc2nccc(-n3nnc4ccccc43)n2)CC1. The summed E-state index contributed by atoms with van der Waals surface area (Å²) in [5.41, 5.74) is 1.75. The van der Waals surface area contributed by atoms with Gasteiger partial charge in [0.2, 0.25) is 5.95 Å². The molecule has 2 aromatic heterocycles. The van der Waals surface area contributed by atoms with Crippen LogP contribution in [0.25, 0.3) is 16.9 Å². The Morgan fingerprint density at radius 3 is 2.78 bits per heavy atom. The molecule has 0 radical (unpaired) electrons. The minimum atomic E-state index is -0.165. The molecule has 2 heterocycles. The smallest absolute Gasteiger partial charge is 0.224 e. The third-order valence-electron chi connectivity index (χ3n) is 4.24. The van der Waals surface area contributed by atoms with E-state index in [1.165, 1.54) is 0 Å². The number of nitrogens with zero attached hydrogens (tertiary/aromatic N) is 5. The Morgan fingerprint density at radius 2 is 1.91 bits per heavy atom. The number of fused-ring (bicyclic) bond motifs is 1. The molecule has 1 aliphatic rings. The van der Waals surface area contributed by atoms with E-state index in [0.29, 0.717) is 17.8 Å². The monoisotopic (exact) mass is 310 g/mol. The molecule has 1 fully saturated rings. The fourth-order valence-corrected chi connectivity index (χ4v) is 2.98. The number of benzene rings is 1. The molecule has 0 unspecified atom stereocenters. The summed E-state index contributed by atoms with van der Waals surface area (Å²) in [4.78, 5) is 8.85.